The lowest BCUT2D eigenvalue weighted by molar-refractivity contribution is 0.0924. The second-order valence-corrected chi connectivity index (χ2v) is 8.01. The zero-order chi connectivity index (χ0) is 22.7. The number of carbonyl (C=O) groups is 2. The lowest BCUT2D eigenvalue weighted by atomic mass is 10.1. The first-order chi connectivity index (χ1) is 14.5. The van der Waals surface area contributed by atoms with Crippen LogP contribution in [0.2, 0.25) is 0 Å². The Bertz CT molecular complexity index is 1320. The van der Waals surface area contributed by atoms with Gasteiger partial charge >= 0.3 is 6.01 Å². The molecule has 0 atom stereocenters. The van der Waals surface area contributed by atoms with Gasteiger partial charge in [0.15, 0.2) is 23.3 Å². The van der Waals surface area contributed by atoms with E-state index in [1.807, 2.05) is 0 Å². The van der Waals surface area contributed by atoms with Crippen molar-refractivity contribution in [2.45, 2.75) is 11.8 Å². The van der Waals surface area contributed by atoms with E-state index in [1.165, 1.54) is 6.20 Å². The summed E-state index contributed by atoms with van der Waals surface area (Å²) in [7, 11) is -4.16. The van der Waals surface area contributed by atoms with Crippen LogP contribution in [0, 0.1) is 30.2 Å². The Balaban J connectivity index is 1.68. The van der Waals surface area contributed by atoms with Crippen molar-refractivity contribution in [3.63, 3.8) is 0 Å². The molecule has 3 aromatic rings. The average molecular weight is 455 g/mol. The fraction of sp³-hybridized carbons (Fsp3) is 0.0556. The van der Waals surface area contributed by atoms with Gasteiger partial charge in [0, 0.05) is 0 Å². The first-order valence-electron chi connectivity index (χ1n) is 8.33. The van der Waals surface area contributed by atoms with Crippen LogP contribution >= 0.6 is 0 Å². The number of amides is 2. The Kier molecular flexibility index (Phi) is 4.57. The van der Waals surface area contributed by atoms with Crippen LogP contribution in [-0.2, 0) is 10.0 Å². The Morgan fingerprint density at radius 1 is 0.903 bits per heavy atom. The van der Waals surface area contributed by atoms with Crippen LogP contribution in [0.25, 0.3) is 0 Å². The second-order valence-electron chi connectivity index (χ2n) is 6.33. The van der Waals surface area contributed by atoms with Crippen LogP contribution in [0.4, 0.5) is 29.3 Å². The zero-order valence-corrected chi connectivity index (χ0v) is 16.1. The van der Waals surface area contributed by atoms with Crippen LogP contribution in [0.1, 0.15) is 26.5 Å². The molecule has 2 heterocycles. The number of benzene rings is 2. The number of halogens is 4. The fourth-order valence-electron chi connectivity index (χ4n) is 2.93. The largest absolute Gasteiger partial charge is 0.428 e. The lowest BCUT2D eigenvalue weighted by Gasteiger charge is -2.14. The maximum atomic E-state index is 14.0. The number of aryl methyl sites for hydroxylation is 1. The Morgan fingerprint density at radius 3 is 1.87 bits per heavy atom. The average Bonchev–Trinajstić information content (AvgIpc) is 3.24. The van der Waals surface area contributed by atoms with E-state index in [0.717, 1.165) is 24.3 Å². The molecule has 0 saturated carbocycles. The van der Waals surface area contributed by atoms with Gasteiger partial charge in [0.25, 0.3) is 21.8 Å². The van der Waals surface area contributed by atoms with Crippen molar-refractivity contribution < 1.29 is 40.0 Å². The van der Waals surface area contributed by atoms with E-state index in [9.17, 15) is 35.6 Å². The normalized spacial score (nSPS) is 13.6. The minimum absolute atomic E-state index is 0.275. The summed E-state index contributed by atoms with van der Waals surface area (Å²) in [6.07, 6.45) is 1.28. The second kappa shape index (κ2) is 6.91. The molecule has 4 rings (SSSR count). The molecule has 8 nitrogen and oxygen atoms in total. The summed E-state index contributed by atoms with van der Waals surface area (Å²) >= 11 is 0. The predicted molar refractivity (Wildman–Crippen MR) is 95.9 cm³/mol. The highest BCUT2D eigenvalue weighted by molar-refractivity contribution is 7.92. The van der Waals surface area contributed by atoms with Crippen molar-refractivity contribution >= 4 is 33.5 Å². The molecule has 31 heavy (non-hydrogen) atoms. The van der Waals surface area contributed by atoms with Gasteiger partial charge < -0.3 is 4.42 Å². The van der Waals surface area contributed by atoms with Gasteiger partial charge in [0.05, 0.1) is 27.9 Å². The number of imide groups is 1. The standard InChI is InChI=1S/C18H9F4N3O5S/c1-7-6-23-18(30-7)24-31(28,29)9-4-2-8(3-5-9)25-16(26)10-11(17(25)27)13(20)15(22)14(21)12(10)19/h2-6H,1H3,(H,23,24). The van der Waals surface area contributed by atoms with Crippen molar-refractivity contribution in [3.05, 3.63) is 70.6 Å². The smallest absolute Gasteiger partial charge is 0.309 e. The third-order valence-electron chi connectivity index (χ3n) is 4.35. The topological polar surface area (TPSA) is 110 Å². The lowest BCUT2D eigenvalue weighted by Crippen LogP contribution is -2.29. The minimum atomic E-state index is -4.16. The number of sulfonamides is 1. The van der Waals surface area contributed by atoms with E-state index in [2.05, 4.69) is 9.71 Å². The van der Waals surface area contributed by atoms with E-state index in [1.54, 1.807) is 6.92 Å². The molecule has 1 N–H and O–H groups in total. The molecule has 1 aliphatic rings. The van der Waals surface area contributed by atoms with Gasteiger partial charge in [-0.1, -0.05) is 0 Å². The van der Waals surface area contributed by atoms with Gasteiger partial charge in [-0.15, -0.1) is 0 Å². The summed E-state index contributed by atoms with van der Waals surface area (Å²) in [4.78, 5) is 28.5. The molecule has 0 radical (unpaired) electrons. The highest BCUT2D eigenvalue weighted by atomic mass is 32.2. The number of anilines is 2. The summed E-state index contributed by atoms with van der Waals surface area (Å²) in [5.41, 5.74) is -2.78. The molecule has 1 aromatic heterocycles. The van der Waals surface area contributed by atoms with Gasteiger partial charge in [-0.3, -0.25) is 9.59 Å². The van der Waals surface area contributed by atoms with Crippen molar-refractivity contribution in [2.75, 3.05) is 9.62 Å². The highest BCUT2D eigenvalue weighted by Gasteiger charge is 2.44. The van der Waals surface area contributed by atoms with E-state index < -0.39 is 56.2 Å². The number of aromatic nitrogens is 1. The molecule has 0 saturated heterocycles. The van der Waals surface area contributed by atoms with Crippen molar-refractivity contribution in [1.82, 2.24) is 4.98 Å². The fourth-order valence-corrected chi connectivity index (χ4v) is 3.87. The predicted octanol–water partition coefficient (Wildman–Crippen LogP) is 3.14. The molecule has 0 spiro atoms. The number of carbonyl (C=O) groups excluding carboxylic acids is 2. The number of nitrogens with zero attached hydrogens (tertiary/aromatic N) is 2. The van der Waals surface area contributed by atoms with Crippen molar-refractivity contribution in [1.29, 1.82) is 0 Å². The van der Waals surface area contributed by atoms with Crippen LogP contribution < -0.4 is 9.62 Å². The molecule has 0 aliphatic carbocycles. The third kappa shape index (κ3) is 3.13. The molecule has 160 valence electrons. The maximum absolute atomic E-state index is 14.0. The Morgan fingerprint density at radius 2 is 1.42 bits per heavy atom. The SMILES string of the molecule is Cc1cnc(NS(=O)(=O)c2ccc(N3C(=O)c4c(F)c(F)c(F)c(F)c4C3=O)cc2)o1. The summed E-state index contributed by atoms with van der Waals surface area (Å²) in [6.45, 7) is 1.55. The summed E-state index contributed by atoms with van der Waals surface area (Å²) in [6, 6.07) is 3.69. The van der Waals surface area contributed by atoms with Crippen LogP contribution in [0.5, 0.6) is 0 Å². The monoisotopic (exact) mass is 455 g/mol. The number of hydrogen-bond acceptors (Lipinski definition) is 6. The first-order valence-corrected chi connectivity index (χ1v) is 9.81. The molecule has 2 amide bonds. The molecule has 13 heteroatoms. The van der Waals surface area contributed by atoms with Gasteiger partial charge in [-0.25, -0.2) is 40.6 Å². The molecule has 0 unspecified atom stereocenters. The summed E-state index contributed by atoms with van der Waals surface area (Å²) in [5, 5.41) is 0. The molecule has 0 bridgehead atoms. The third-order valence-corrected chi connectivity index (χ3v) is 5.69. The van der Waals surface area contributed by atoms with E-state index in [0.29, 0.717) is 5.76 Å². The molecular formula is C18H9F4N3O5S. The van der Waals surface area contributed by atoms with Crippen LogP contribution in [0.15, 0.2) is 39.8 Å². The molecule has 2 aromatic carbocycles. The summed E-state index contributed by atoms with van der Waals surface area (Å²) < 4.78 is 86.8. The number of rotatable bonds is 4. The maximum Gasteiger partial charge on any atom is 0.309 e. The van der Waals surface area contributed by atoms with Gasteiger partial charge in [-0.2, -0.15) is 0 Å². The van der Waals surface area contributed by atoms with Crippen LogP contribution in [-0.4, -0.2) is 25.2 Å². The number of fused-ring (bicyclic) bond motifs is 1. The van der Waals surface area contributed by atoms with E-state index in [-0.39, 0.29) is 21.5 Å². The number of hydrogen-bond donors (Lipinski definition) is 1. The highest BCUT2D eigenvalue weighted by Crippen LogP contribution is 2.34. The van der Waals surface area contributed by atoms with Crippen molar-refractivity contribution in [3.8, 4) is 0 Å². The van der Waals surface area contributed by atoms with Crippen LogP contribution in [0.3, 0.4) is 0 Å². The Hall–Kier alpha value is -3.74. The molecule has 1 aliphatic heterocycles. The summed E-state index contributed by atoms with van der Waals surface area (Å²) in [5.74, 6) is -11.0. The van der Waals surface area contributed by atoms with Gasteiger partial charge in [-0.05, 0) is 31.2 Å². The zero-order valence-electron chi connectivity index (χ0n) is 15.2. The van der Waals surface area contributed by atoms with Crippen molar-refractivity contribution in [2.24, 2.45) is 0 Å². The molecular weight excluding hydrogens is 446 g/mol. The number of nitrogens with one attached hydrogen (secondary N) is 1. The first kappa shape index (κ1) is 20.5. The van der Waals surface area contributed by atoms with Gasteiger partial charge in [0.2, 0.25) is 0 Å². The molecule has 0 fully saturated rings. The Labute approximate surface area is 171 Å². The van der Waals surface area contributed by atoms with E-state index >= 15 is 0 Å². The number of oxazole rings is 1. The minimum Gasteiger partial charge on any atom is -0.428 e. The quantitative estimate of drug-likeness (QED) is 0.280. The van der Waals surface area contributed by atoms with Gasteiger partial charge in [0.1, 0.15) is 5.76 Å². The van der Waals surface area contributed by atoms with E-state index in [4.69, 9.17) is 4.42 Å².